The molecule has 7 nitrogen and oxygen atoms in total. The van der Waals surface area contributed by atoms with Crippen molar-refractivity contribution in [3.05, 3.63) is 24.3 Å². The lowest BCUT2D eigenvalue weighted by molar-refractivity contribution is -0.142. The summed E-state index contributed by atoms with van der Waals surface area (Å²) < 4.78 is 10.1. The van der Waals surface area contributed by atoms with Crippen molar-refractivity contribution in [2.45, 2.75) is 26.3 Å². The molecule has 1 aliphatic heterocycles. The lowest BCUT2D eigenvalue weighted by Crippen LogP contribution is -2.41. The van der Waals surface area contributed by atoms with Gasteiger partial charge in [0.2, 0.25) is 5.91 Å². The largest absolute Gasteiger partial charge is 0.494 e. The third-order valence-corrected chi connectivity index (χ3v) is 3.35. The van der Waals surface area contributed by atoms with Crippen LogP contribution < -0.4 is 15.0 Å². The Balaban J connectivity index is 2.01. The summed E-state index contributed by atoms with van der Waals surface area (Å²) in [6.07, 6.45) is 0.0193. The number of carbonyl (C=O) groups is 3. The van der Waals surface area contributed by atoms with Crippen LogP contribution in [0, 0.1) is 0 Å². The molecule has 1 aliphatic rings. The van der Waals surface area contributed by atoms with Crippen molar-refractivity contribution in [1.29, 1.82) is 0 Å². The highest BCUT2D eigenvalue weighted by atomic mass is 16.5. The van der Waals surface area contributed by atoms with Crippen LogP contribution in [0.25, 0.3) is 0 Å². The second-order valence-corrected chi connectivity index (χ2v) is 4.94. The highest BCUT2D eigenvalue weighted by Gasteiger charge is 2.39. The number of esters is 1. The second kappa shape index (κ2) is 7.73. The maximum absolute atomic E-state index is 12.4. The number of rotatable bonds is 7. The van der Waals surface area contributed by atoms with Crippen LogP contribution in [0.4, 0.5) is 5.69 Å². The van der Waals surface area contributed by atoms with Crippen LogP contribution in [0.5, 0.6) is 5.75 Å². The summed E-state index contributed by atoms with van der Waals surface area (Å²) in [6, 6.07) is 6.03. The van der Waals surface area contributed by atoms with E-state index < -0.39 is 12.0 Å². The van der Waals surface area contributed by atoms with Crippen LogP contribution in [0.15, 0.2) is 24.3 Å². The number of carbonyl (C=O) groups excluding carboxylic acids is 3. The van der Waals surface area contributed by atoms with E-state index in [-0.39, 0.29) is 31.4 Å². The molecule has 2 amide bonds. The smallest absolute Gasteiger partial charge is 0.319 e. The highest BCUT2D eigenvalue weighted by molar-refractivity contribution is 6.22. The van der Waals surface area contributed by atoms with Crippen LogP contribution in [0.1, 0.15) is 20.3 Å². The fourth-order valence-electron chi connectivity index (χ4n) is 2.34. The van der Waals surface area contributed by atoms with Gasteiger partial charge in [0.1, 0.15) is 5.75 Å². The summed E-state index contributed by atoms with van der Waals surface area (Å²) in [5, 5.41) is 2.77. The third-order valence-electron chi connectivity index (χ3n) is 3.35. The highest BCUT2D eigenvalue weighted by Crippen LogP contribution is 2.25. The van der Waals surface area contributed by atoms with Gasteiger partial charge in [-0.05, 0) is 38.1 Å². The van der Waals surface area contributed by atoms with Gasteiger partial charge in [-0.15, -0.1) is 0 Å². The molecule has 0 bridgehead atoms. The van der Waals surface area contributed by atoms with Crippen LogP contribution in [0.3, 0.4) is 0 Å². The van der Waals surface area contributed by atoms with Gasteiger partial charge in [0, 0.05) is 0 Å². The van der Waals surface area contributed by atoms with Crippen LogP contribution in [0.2, 0.25) is 0 Å². The van der Waals surface area contributed by atoms with Crippen molar-refractivity contribution < 1.29 is 23.9 Å². The Morgan fingerprint density at radius 1 is 1.22 bits per heavy atom. The zero-order valence-corrected chi connectivity index (χ0v) is 13.2. The monoisotopic (exact) mass is 320 g/mol. The molecule has 1 aromatic carbocycles. The first kappa shape index (κ1) is 17.0. The van der Waals surface area contributed by atoms with Crippen LogP contribution >= 0.6 is 0 Å². The Labute approximate surface area is 134 Å². The fourth-order valence-corrected chi connectivity index (χ4v) is 2.34. The van der Waals surface area contributed by atoms with E-state index in [1.807, 2.05) is 6.92 Å². The Kier molecular flexibility index (Phi) is 5.70. The van der Waals surface area contributed by atoms with Gasteiger partial charge in [-0.25, -0.2) is 4.90 Å². The van der Waals surface area contributed by atoms with Crippen molar-refractivity contribution in [3.63, 3.8) is 0 Å². The molecule has 2 rings (SSSR count). The fraction of sp³-hybridized carbons (Fsp3) is 0.438. The molecule has 1 fully saturated rings. The third kappa shape index (κ3) is 4.07. The first-order valence-electron chi connectivity index (χ1n) is 7.55. The first-order chi connectivity index (χ1) is 11.1. The van der Waals surface area contributed by atoms with Gasteiger partial charge in [-0.2, -0.15) is 0 Å². The molecule has 0 unspecified atom stereocenters. The minimum atomic E-state index is -0.710. The SMILES string of the molecule is CCOC(=O)CN[C@H]1CC(=O)N(c2ccc(OCC)cc2)C1=O. The van der Waals surface area contributed by atoms with Gasteiger partial charge < -0.3 is 9.47 Å². The second-order valence-electron chi connectivity index (χ2n) is 4.94. The molecule has 1 saturated heterocycles. The molecule has 1 N–H and O–H groups in total. The summed E-state index contributed by atoms with van der Waals surface area (Å²) in [4.78, 5) is 36.9. The zero-order valence-electron chi connectivity index (χ0n) is 13.2. The molecular weight excluding hydrogens is 300 g/mol. The van der Waals surface area contributed by atoms with E-state index in [1.54, 1.807) is 31.2 Å². The molecule has 23 heavy (non-hydrogen) atoms. The van der Waals surface area contributed by atoms with Crippen molar-refractivity contribution in [2.24, 2.45) is 0 Å². The Bertz CT molecular complexity index is 585. The number of benzene rings is 1. The van der Waals surface area contributed by atoms with Gasteiger partial charge in [-0.3, -0.25) is 19.7 Å². The molecular formula is C16H20N2O5. The average molecular weight is 320 g/mol. The van der Waals surface area contributed by atoms with Gasteiger partial charge in [0.05, 0.1) is 37.9 Å². The van der Waals surface area contributed by atoms with Crippen molar-refractivity contribution in [1.82, 2.24) is 5.32 Å². The zero-order chi connectivity index (χ0) is 16.8. The van der Waals surface area contributed by atoms with Gasteiger partial charge >= 0.3 is 5.97 Å². The Morgan fingerprint density at radius 3 is 2.52 bits per heavy atom. The summed E-state index contributed by atoms with van der Waals surface area (Å²) in [6.45, 7) is 4.29. The normalized spacial score (nSPS) is 17.5. The van der Waals surface area contributed by atoms with E-state index in [0.717, 1.165) is 4.90 Å². The lowest BCUT2D eigenvalue weighted by atomic mass is 10.2. The number of ether oxygens (including phenoxy) is 2. The van der Waals surface area contributed by atoms with E-state index in [0.29, 0.717) is 18.0 Å². The van der Waals surface area contributed by atoms with Gasteiger partial charge in [0.25, 0.3) is 5.91 Å². The molecule has 0 aromatic heterocycles. The molecule has 124 valence electrons. The van der Waals surface area contributed by atoms with Crippen molar-refractivity contribution >= 4 is 23.5 Å². The molecule has 0 spiro atoms. The summed E-state index contributed by atoms with van der Waals surface area (Å²) in [7, 11) is 0. The van der Waals surface area contributed by atoms with E-state index in [4.69, 9.17) is 9.47 Å². The summed E-state index contributed by atoms with van der Waals surface area (Å²) >= 11 is 0. The Hall–Kier alpha value is -2.41. The Morgan fingerprint density at radius 2 is 1.91 bits per heavy atom. The van der Waals surface area contributed by atoms with E-state index >= 15 is 0 Å². The maximum atomic E-state index is 12.4. The van der Waals surface area contributed by atoms with Crippen LogP contribution in [-0.2, 0) is 19.1 Å². The van der Waals surface area contributed by atoms with E-state index in [9.17, 15) is 14.4 Å². The number of nitrogens with zero attached hydrogens (tertiary/aromatic N) is 1. The minimum absolute atomic E-state index is 0.0193. The topological polar surface area (TPSA) is 84.9 Å². The predicted octanol–water partition coefficient (Wildman–Crippen LogP) is 0.870. The molecule has 1 heterocycles. The maximum Gasteiger partial charge on any atom is 0.319 e. The van der Waals surface area contributed by atoms with Gasteiger partial charge in [-0.1, -0.05) is 0 Å². The van der Waals surface area contributed by atoms with E-state index in [1.165, 1.54) is 0 Å². The van der Waals surface area contributed by atoms with Crippen molar-refractivity contribution in [2.75, 3.05) is 24.7 Å². The van der Waals surface area contributed by atoms with Crippen molar-refractivity contribution in [3.8, 4) is 5.75 Å². The number of anilines is 1. The molecule has 0 radical (unpaired) electrons. The lowest BCUT2D eigenvalue weighted by Gasteiger charge is -2.16. The standard InChI is InChI=1S/C16H20N2O5/c1-3-22-12-7-5-11(6-8-12)18-14(19)9-13(16(18)21)17-10-15(20)23-4-2/h5-8,13,17H,3-4,9-10H2,1-2H3/t13-/m0/s1. The van der Waals surface area contributed by atoms with Gasteiger partial charge in [0.15, 0.2) is 0 Å². The molecule has 1 aromatic rings. The number of hydrogen-bond acceptors (Lipinski definition) is 6. The number of nitrogens with one attached hydrogen (secondary N) is 1. The average Bonchev–Trinajstić information content (AvgIpc) is 2.81. The first-order valence-corrected chi connectivity index (χ1v) is 7.55. The van der Waals surface area contributed by atoms with Crippen LogP contribution in [-0.4, -0.2) is 43.6 Å². The molecule has 0 saturated carbocycles. The predicted molar refractivity (Wildman–Crippen MR) is 83.1 cm³/mol. The minimum Gasteiger partial charge on any atom is -0.494 e. The quantitative estimate of drug-likeness (QED) is 0.593. The number of hydrogen-bond donors (Lipinski definition) is 1. The molecule has 7 heteroatoms. The number of imide groups is 1. The summed E-state index contributed by atoms with van der Waals surface area (Å²) in [5.74, 6) is -0.455. The molecule has 0 aliphatic carbocycles. The van der Waals surface area contributed by atoms with E-state index in [2.05, 4.69) is 5.32 Å². The number of amides is 2. The molecule has 1 atom stereocenters. The summed E-state index contributed by atoms with van der Waals surface area (Å²) in [5.41, 5.74) is 0.490.